The first-order valence-electron chi connectivity index (χ1n) is 8.20. The van der Waals surface area contributed by atoms with Gasteiger partial charge in [0.15, 0.2) is 0 Å². The van der Waals surface area contributed by atoms with E-state index in [1.165, 1.54) is 11.1 Å². The monoisotopic (exact) mass is 361 g/mol. The molecule has 2 nitrogen and oxygen atoms in total. The zero-order valence-electron chi connectivity index (χ0n) is 14.6. The van der Waals surface area contributed by atoms with Gasteiger partial charge in [0, 0.05) is 9.92 Å². The van der Waals surface area contributed by atoms with Gasteiger partial charge in [-0.15, -0.1) is 11.8 Å². The number of amides is 1. The van der Waals surface area contributed by atoms with Gasteiger partial charge < -0.3 is 5.32 Å². The highest BCUT2D eigenvalue weighted by Crippen LogP contribution is 2.27. The molecule has 24 heavy (non-hydrogen) atoms. The molecule has 0 fully saturated rings. The molecule has 0 radical (unpaired) electrons. The van der Waals surface area contributed by atoms with E-state index in [9.17, 15) is 4.79 Å². The van der Waals surface area contributed by atoms with E-state index >= 15 is 0 Å². The molecule has 2 atom stereocenters. The standard InChI is InChI=1S/C20H24ClNOS/c1-5-19(24-18-10-8-17(21)9-11-18)20(23)22-15(4)16-7-6-13(2)14(3)12-16/h6-12,15,19H,5H2,1-4H3,(H,22,23)/t15-,19-/m0/s1. The number of carbonyl (C=O) groups is 1. The summed E-state index contributed by atoms with van der Waals surface area (Å²) in [5, 5.41) is 3.74. The molecular formula is C20H24ClNOS. The van der Waals surface area contributed by atoms with Crippen LogP contribution in [0.15, 0.2) is 47.4 Å². The molecule has 0 aliphatic heterocycles. The summed E-state index contributed by atoms with van der Waals surface area (Å²) in [5.41, 5.74) is 3.65. The molecule has 0 aliphatic rings. The van der Waals surface area contributed by atoms with Gasteiger partial charge in [-0.25, -0.2) is 0 Å². The second kappa shape index (κ2) is 8.59. The average molecular weight is 362 g/mol. The van der Waals surface area contributed by atoms with Crippen LogP contribution in [0.2, 0.25) is 5.02 Å². The second-order valence-electron chi connectivity index (χ2n) is 6.04. The second-order valence-corrected chi connectivity index (χ2v) is 7.76. The minimum Gasteiger partial charge on any atom is -0.349 e. The number of hydrogen-bond donors (Lipinski definition) is 1. The third-order valence-electron chi connectivity index (χ3n) is 4.14. The van der Waals surface area contributed by atoms with Crippen LogP contribution in [-0.4, -0.2) is 11.2 Å². The summed E-state index contributed by atoms with van der Waals surface area (Å²) in [6, 6.07) is 13.9. The van der Waals surface area contributed by atoms with E-state index in [1.54, 1.807) is 11.8 Å². The van der Waals surface area contributed by atoms with Crippen molar-refractivity contribution in [2.45, 2.75) is 50.3 Å². The van der Waals surface area contributed by atoms with Gasteiger partial charge in [-0.3, -0.25) is 4.79 Å². The number of halogens is 1. The number of aryl methyl sites for hydroxylation is 2. The Hall–Kier alpha value is -1.45. The summed E-state index contributed by atoms with van der Waals surface area (Å²) >= 11 is 7.49. The van der Waals surface area contributed by atoms with Crippen LogP contribution in [0.3, 0.4) is 0 Å². The van der Waals surface area contributed by atoms with Crippen LogP contribution < -0.4 is 5.32 Å². The minimum atomic E-state index is -0.111. The first-order chi connectivity index (χ1) is 11.4. The smallest absolute Gasteiger partial charge is 0.233 e. The predicted molar refractivity (Wildman–Crippen MR) is 104 cm³/mol. The fourth-order valence-electron chi connectivity index (χ4n) is 2.42. The van der Waals surface area contributed by atoms with E-state index < -0.39 is 0 Å². The number of thioether (sulfide) groups is 1. The van der Waals surface area contributed by atoms with Gasteiger partial charge in [-0.05, 0) is 68.1 Å². The van der Waals surface area contributed by atoms with E-state index in [4.69, 9.17) is 11.6 Å². The predicted octanol–water partition coefficient (Wildman–Crippen LogP) is 5.70. The average Bonchev–Trinajstić information content (AvgIpc) is 2.56. The molecule has 0 saturated carbocycles. The number of carbonyl (C=O) groups excluding carboxylic acids is 1. The number of nitrogens with one attached hydrogen (secondary N) is 1. The lowest BCUT2D eigenvalue weighted by molar-refractivity contribution is -0.121. The molecule has 0 saturated heterocycles. The Bertz CT molecular complexity index is 699. The maximum atomic E-state index is 12.6. The van der Waals surface area contributed by atoms with Crippen molar-refractivity contribution in [2.24, 2.45) is 0 Å². The van der Waals surface area contributed by atoms with Crippen LogP contribution in [0, 0.1) is 13.8 Å². The van der Waals surface area contributed by atoms with E-state index in [0.717, 1.165) is 16.9 Å². The van der Waals surface area contributed by atoms with Crippen LogP contribution in [0.4, 0.5) is 0 Å². The summed E-state index contributed by atoms with van der Waals surface area (Å²) in [7, 11) is 0. The summed E-state index contributed by atoms with van der Waals surface area (Å²) < 4.78 is 0. The third kappa shape index (κ3) is 5.02. The van der Waals surface area contributed by atoms with Gasteiger partial charge >= 0.3 is 0 Å². The third-order valence-corrected chi connectivity index (χ3v) is 5.77. The SMILES string of the molecule is CC[C@H](Sc1ccc(Cl)cc1)C(=O)N[C@@H](C)c1ccc(C)c(C)c1. The molecule has 0 heterocycles. The van der Waals surface area contributed by atoms with Crippen molar-refractivity contribution in [3.63, 3.8) is 0 Å². The number of rotatable bonds is 6. The fourth-order valence-corrected chi connectivity index (χ4v) is 3.51. The van der Waals surface area contributed by atoms with Crippen molar-refractivity contribution < 1.29 is 4.79 Å². The molecule has 0 spiro atoms. The van der Waals surface area contributed by atoms with Crippen molar-refractivity contribution in [1.29, 1.82) is 0 Å². The van der Waals surface area contributed by atoms with Crippen LogP contribution in [0.5, 0.6) is 0 Å². The van der Waals surface area contributed by atoms with Gasteiger partial charge in [-0.1, -0.05) is 36.7 Å². The summed E-state index contributed by atoms with van der Waals surface area (Å²) in [5.74, 6) is 0.0724. The van der Waals surface area contributed by atoms with E-state index in [-0.39, 0.29) is 17.2 Å². The molecule has 0 unspecified atom stereocenters. The molecular weight excluding hydrogens is 338 g/mol. The van der Waals surface area contributed by atoms with Crippen LogP contribution in [-0.2, 0) is 4.79 Å². The Kier molecular flexibility index (Phi) is 6.76. The molecule has 2 rings (SSSR count). The lowest BCUT2D eigenvalue weighted by Gasteiger charge is -2.20. The van der Waals surface area contributed by atoms with Crippen LogP contribution >= 0.6 is 23.4 Å². The topological polar surface area (TPSA) is 29.1 Å². The van der Waals surface area contributed by atoms with E-state index in [2.05, 4.69) is 37.4 Å². The van der Waals surface area contributed by atoms with Gasteiger partial charge in [0.1, 0.15) is 0 Å². The van der Waals surface area contributed by atoms with Gasteiger partial charge in [0.05, 0.1) is 11.3 Å². The van der Waals surface area contributed by atoms with E-state index in [1.807, 2.05) is 38.1 Å². The summed E-state index contributed by atoms with van der Waals surface area (Å²) in [4.78, 5) is 13.7. The van der Waals surface area contributed by atoms with Crippen molar-refractivity contribution in [2.75, 3.05) is 0 Å². The molecule has 0 aliphatic carbocycles. The van der Waals surface area contributed by atoms with Crippen molar-refractivity contribution >= 4 is 29.3 Å². The first-order valence-corrected chi connectivity index (χ1v) is 9.46. The normalized spacial score (nSPS) is 13.4. The largest absolute Gasteiger partial charge is 0.349 e. The summed E-state index contributed by atoms with van der Waals surface area (Å²) in [6.45, 7) is 8.26. The number of benzene rings is 2. The Morgan fingerprint density at radius 2 is 1.79 bits per heavy atom. The molecule has 1 amide bonds. The lowest BCUT2D eigenvalue weighted by atomic mass is 10.0. The van der Waals surface area contributed by atoms with Crippen LogP contribution in [0.25, 0.3) is 0 Å². The molecule has 2 aromatic rings. The molecule has 2 aromatic carbocycles. The lowest BCUT2D eigenvalue weighted by Crippen LogP contribution is -2.34. The minimum absolute atomic E-state index is 0.00309. The van der Waals surface area contributed by atoms with Gasteiger partial charge in [-0.2, -0.15) is 0 Å². The Labute approximate surface area is 154 Å². The zero-order chi connectivity index (χ0) is 17.7. The zero-order valence-corrected chi connectivity index (χ0v) is 16.2. The van der Waals surface area contributed by atoms with Gasteiger partial charge in [0.2, 0.25) is 5.91 Å². The molecule has 4 heteroatoms. The molecule has 1 N–H and O–H groups in total. The highest BCUT2D eigenvalue weighted by atomic mass is 35.5. The molecule has 0 aromatic heterocycles. The van der Waals surface area contributed by atoms with Crippen LogP contribution in [0.1, 0.15) is 43.0 Å². The fraction of sp³-hybridized carbons (Fsp3) is 0.350. The Morgan fingerprint density at radius 1 is 1.12 bits per heavy atom. The maximum Gasteiger partial charge on any atom is 0.233 e. The highest BCUT2D eigenvalue weighted by molar-refractivity contribution is 8.00. The first kappa shape index (κ1) is 18.9. The Morgan fingerprint density at radius 3 is 2.38 bits per heavy atom. The maximum absolute atomic E-state index is 12.6. The molecule has 128 valence electrons. The van der Waals surface area contributed by atoms with Crippen molar-refractivity contribution in [1.82, 2.24) is 5.32 Å². The van der Waals surface area contributed by atoms with Crippen molar-refractivity contribution in [3.8, 4) is 0 Å². The summed E-state index contributed by atoms with van der Waals surface area (Å²) in [6.07, 6.45) is 0.777. The number of hydrogen-bond acceptors (Lipinski definition) is 2. The molecule has 0 bridgehead atoms. The quantitative estimate of drug-likeness (QED) is 0.668. The van der Waals surface area contributed by atoms with E-state index in [0.29, 0.717) is 5.02 Å². The highest BCUT2D eigenvalue weighted by Gasteiger charge is 2.20. The Balaban J connectivity index is 2.02. The van der Waals surface area contributed by atoms with Gasteiger partial charge in [0.25, 0.3) is 0 Å². The van der Waals surface area contributed by atoms with Crippen molar-refractivity contribution in [3.05, 3.63) is 64.2 Å².